The molecule has 0 bridgehead atoms. The Bertz CT molecular complexity index is 555. The van der Waals surface area contributed by atoms with Crippen molar-refractivity contribution in [1.29, 1.82) is 0 Å². The van der Waals surface area contributed by atoms with Gasteiger partial charge in [-0.25, -0.2) is 4.98 Å². The number of aryl methyl sites for hydroxylation is 2. The fourth-order valence-electron chi connectivity index (χ4n) is 1.50. The van der Waals surface area contributed by atoms with Crippen LogP contribution in [0, 0.1) is 13.8 Å². The molecular formula is C11H12N2O. The summed E-state index contributed by atoms with van der Waals surface area (Å²) in [4.78, 5) is 16.2. The van der Waals surface area contributed by atoms with Gasteiger partial charge in [0.2, 0.25) is 0 Å². The monoisotopic (exact) mass is 188 g/mol. The highest BCUT2D eigenvalue weighted by Gasteiger charge is 2.04. The van der Waals surface area contributed by atoms with Gasteiger partial charge in [-0.1, -0.05) is 11.6 Å². The van der Waals surface area contributed by atoms with Gasteiger partial charge in [-0.05, 0) is 26.0 Å². The summed E-state index contributed by atoms with van der Waals surface area (Å²) in [5.41, 5.74) is 1.88. The standard InChI is InChI=1S/C11H12N2O/c1-7-4-5-10-9(6-7)11(14)13(3)8(2)12-10/h4-6H,1-3H3. The average molecular weight is 188 g/mol. The molecule has 0 atom stereocenters. The molecule has 0 spiro atoms. The lowest BCUT2D eigenvalue weighted by atomic mass is 10.2. The van der Waals surface area contributed by atoms with E-state index in [2.05, 4.69) is 4.98 Å². The highest BCUT2D eigenvalue weighted by Crippen LogP contribution is 2.09. The molecule has 72 valence electrons. The van der Waals surface area contributed by atoms with Gasteiger partial charge >= 0.3 is 0 Å². The van der Waals surface area contributed by atoms with E-state index in [1.807, 2.05) is 32.0 Å². The van der Waals surface area contributed by atoms with E-state index < -0.39 is 0 Å². The van der Waals surface area contributed by atoms with E-state index in [0.29, 0.717) is 5.39 Å². The molecule has 1 heterocycles. The number of aromatic nitrogens is 2. The van der Waals surface area contributed by atoms with Crippen LogP contribution in [-0.2, 0) is 7.05 Å². The minimum absolute atomic E-state index is 0.0243. The molecule has 0 aliphatic heterocycles. The van der Waals surface area contributed by atoms with Crippen molar-refractivity contribution >= 4 is 10.9 Å². The lowest BCUT2D eigenvalue weighted by Gasteiger charge is -2.05. The van der Waals surface area contributed by atoms with E-state index in [9.17, 15) is 4.79 Å². The molecule has 0 aliphatic rings. The van der Waals surface area contributed by atoms with Crippen LogP contribution < -0.4 is 5.56 Å². The minimum Gasteiger partial charge on any atom is -0.299 e. The molecule has 0 aliphatic carbocycles. The maximum absolute atomic E-state index is 11.8. The van der Waals surface area contributed by atoms with Crippen LogP contribution in [-0.4, -0.2) is 9.55 Å². The molecular weight excluding hydrogens is 176 g/mol. The first-order valence-corrected chi connectivity index (χ1v) is 4.53. The fourth-order valence-corrected chi connectivity index (χ4v) is 1.50. The second-order valence-corrected chi connectivity index (χ2v) is 3.54. The van der Waals surface area contributed by atoms with Crippen LogP contribution in [0.1, 0.15) is 11.4 Å². The molecule has 0 N–H and O–H groups in total. The van der Waals surface area contributed by atoms with E-state index in [0.717, 1.165) is 16.9 Å². The van der Waals surface area contributed by atoms with Crippen molar-refractivity contribution in [3.05, 3.63) is 39.9 Å². The molecule has 0 fully saturated rings. The summed E-state index contributed by atoms with van der Waals surface area (Å²) in [7, 11) is 1.74. The summed E-state index contributed by atoms with van der Waals surface area (Å²) in [6, 6.07) is 5.73. The van der Waals surface area contributed by atoms with Crippen molar-refractivity contribution in [2.45, 2.75) is 13.8 Å². The second kappa shape index (κ2) is 2.94. The van der Waals surface area contributed by atoms with Crippen LogP contribution in [0.4, 0.5) is 0 Å². The zero-order valence-electron chi connectivity index (χ0n) is 8.53. The molecule has 0 unspecified atom stereocenters. The Morgan fingerprint density at radius 2 is 2.00 bits per heavy atom. The fraction of sp³-hybridized carbons (Fsp3) is 0.273. The quantitative estimate of drug-likeness (QED) is 0.628. The number of nitrogens with zero attached hydrogens (tertiary/aromatic N) is 2. The molecule has 14 heavy (non-hydrogen) atoms. The van der Waals surface area contributed by atoms with Gasteiger partial charge in [-0.15, -0.1) is 0 Å². The normalized spacial score (nSPS) is 10.8. The van der Waals surface area contributed by atoms with Crippen molar-refractivity contribution in [3.63, 3.8) is 0 Å². The Labute approximate surface area is 82.0 Å². The van der Waals surface area contributed by atoms with Crippen LogP contribution in [0.5, 0.6) is 0 Å². The Morgan fingerprint density at radius 1 is 1.29 bits per heavy atom. The first-order chi connectivity index (χ1) is 6.59. The van der Waals surface area contributed by atoms with E-state index in [1.165, 1.54) is 0 Å². The molecule has 0 saturated carbocycles. The molecule has 0 amide bonds. The van der Waals surface area contributed by atoms with Gasteiger partial charge in [0.1, 0.15) is 5.82 Å². The molecule has 1 aromatic carbocycles. The van der Waals surface area contributed by atoms with Gasteiger partial charge in [0.15, 0.2) is 0 Å². The minimum atomic E-state index is 0.0243. The average Bonchev–Trinajstić information content (AvgIpc) is 2.16. The Kier molecular flexibility index (Phi) is 1.88. The molecule has 2 rings (SSSR count). The number of hydrogen-bond acceptors (Lipinski definition) is 2. The summed E-state index contributed by atoms with van der Waals surface area (Å²) >= 11 is 0. The number of benzene rings is 1. The summed E-state index contributed by atoms with van der Waals surface area (Å²) in [6.45, 7) is 3.80. The van der Waals surface area contributed by atoms with E-state index in [4.69, 9.17) is 0 Å². The van der Waals surface area contributed by atoms with Crippen molar-refractivity contribution < 1.29 is 0 Å². The summed E-state index contributed by atoms with van der Waals surface area (Å²) in [5.74, 6) is 0.742. The molecule has 1 aromatic heterocycles. The maximum Gasteiger partial charge on any atom is 0.261 e. The third-order valence-electron chi connectivity index (χ3n) is 2.45. The first-order valence-electron chi connectivity index (χ1n) is 4.53. The summed E-state index contributed by atoms with van der Waals surface area (Å²) in [6.07, 6.45) is 0. The second-order valence-electron chi connectivity index (χ2n) is 3.54. The molecule has 2 aromatic rings. The molecule has 3 nitrogen and oxygen atoms in total. The predicted octanol–water partition coefficient (Wildman–Crippen LogP) is 1.55. The maximum atomic E-state index is 11.8. The van der Waals surface area contributed by atoms with Crippen LogP contribution in [0.2, 0.25) is 0 Å². The van der Waals surface area contributed by atoms with Crippen molar-refractivity contribution in [3.8, 4) is 0 Å². The van der Waals surface area contributed by atoms with Crippen LogP contribution in [0.15, 0.2) is 23.0 Å². The van der Waals surface area contributed by atoms with Gasteiger partial charge in [0, 0.05) is 7.05 Å². The predicted molar refractivity (Wildman–Crippen MR) is 56.5 cm³/mol. The summed E-state index contributed by atoms with van der Waals surface area (Å²) in [5, 5.41) is 0.693. The zero-order valence-corrected chi connectivity index (χ0v) is 8.53. The van der Waals surface area contributed by atoms with E-state index in [-0.39, 0.29) is 5.56 Å². The molecule has 0 radical (unpaired) electrons. The zero-order chi connectivity index (χ0) is 10.3. The van der Waals surface area contributed by atoms with Crippen molar-refractivity contribution in [1.82, 2.24) is 9.55 Å². The molecule has 0 saturated heterocycles. The lowest BCUT2D eigenvalue weighted by Crippen LogP contribution is -2.20. The van der Waals surface area contributed by atoms with Gasteiger partial charge < -0.3 is 0 Å². The van der Waals surface area contributed by atoms with E-state index in [1.54, 1.807) is 11.6 Å². The van der Waals surface area contributed by atoms with E-state index >= 15 is 0 Å². The Balaban J connectivity index is 2.99. The Hall–Kier alpha value is -1.64. The van der Waals surface area contributed by atoms with Crippen molar-refractivity contribution in [2.75, 3.05) is 0 Å². The smallest absolute Gasteiger partial charge is 0.261 e. The SMILES string of the molecule is Cc1ccc2nc(C)n(C)c(=O)c2c1. The topological polar surface area (TPSA) is 34.9 Å². The third-order valence-corrected chi connectivity index (χ3v) is 2.45. The Morgan fingerprint density at radius 3 is 2.71 bits per heavy atom. The van der Waals surface area contributed by atoms with Crippen LogP contribution in [0.25, 0.3) is 10.9 Å². The summed E-state index contributed by atoms with van der Waals surface area (Å²) < 4.78 is 1.57. The molecule has 3 heteroatoms. The van der Waals surface area contributed by atoms with Gasteiger partial charge in [-0.2, -0.15) is 0 Å². The number of hydrogen-bond donors (Lipinski definition) is 0. The highest BCUT2D eigenvalue weighted by atomic mass is 16.1. The van der Waals surface area contributed by atoms with Crippen molar-refractivity contribution in [2.24, 2.45) is 7.05 Å². The van der Waals surface area contributed by atoms with Gasteiger partial charge in [0.25, 0.3) is 5.56 Å². The van der Waals surface area contributed by atoms with Gasteiger partial charge in [-0.3, -0.25) is 9.36 Å². The first kappa shape index (κ1) is 8.94. The largest absolute Gasteiger partial charge is 0.299 e. The highest BCUT2D eigenvalue weighted by molar-refractivity contribution is 5.78. The van der Waals surface area contributed by atoms with Crippen LogP contribution >= 0.6 is 0 Å². The number of fused-ring (bicyclic) bond motifs is 1. The van der Waals surface area contributed by atoms with Crippen LogP contribution in [0.3, 0.4) is 0 Å². The van der Waals surface area contributed by atoms with Gasteiger partial charge in [0.05, 0.1) is 10.9 Å². The lowest BCUT2D eigenvalue weighted by molar-refractivity contribution is 0.792. The number of rotatable bonds is 0. The third kappa shape index (κ3) is 1.21.